The predicted octanol–water partition coefficient (Wildman–Crippen LogP) is 1.76. The molecule has 1 aromatic rings. The number of hydrogen-bond donors (Lipinski definition) is 1. The Balaban J connectivity index is 1.95. The van der Waals surface area contributed by atoms with Crippen molar-refractivity contribution in [2.75, 3.05) is 5.73 Å². The third-order valence-electron chi connectivity index (χ3n) is 1.74. The normalized spacial score (nSPS) is 18.2. The Labute approximate surface area is 73.4 Å². The molecule has 0 aromatic carbocycles. The van der Waals surface area contributed by atoms with Crippen LogP contribution < -0.4 is 5.73 Å². The lowest BCUT2D eigenvalue weighted by atomic mass is 10.0. The van der Waals surface area contributed by atoms with E-state index in [0.29, 0.717) is 5.13 Å². The van der Waals surface area contributed by atoms with E-state index in [1.807, 2.05) is 11.8 Å². The fourth-order valence-corrected chi connectivity index (χ4v) is 3.04. The van der Waals surface area contributed by atoms with Gasteiger partial charge in [-0.1, -0.05) is 29.5 Å². The summed E-state index contributed by atoms with van der Waals surface area (Å²) in [6, 6.07) is 0. The van der Waals surface area contributed by atoms with Gasteiger partial charge in [-0.25, -0.2) is 0 Å². The zero-order valence-electron chi connectivity index (χ0n) is 5.99. The van der Waals surface area contributed by atoms with E-state index in [2.05, 4.69) is 10.2 Å². The highest BCUT2D eigenvalue weighted by Gasteiger charge is 2.20. The molecule has 2 N–H and O–H groups in total. The highest BCUT2D eigenvalue weighted by atomic mass is 32.2. The molecule has 5 heteroatoms. The number of anilines is 1. The molecule has 0 amide bonds. The van der Waals surface area contributed by atoms with E-state index in [1.54, 1.807) is 0 Å². The Hall–Kier alpha value is -0.290. The standard InChI is InChI=1S/C6H9N3S2/c7-5-8-9-6(11-5)10-4-2-1-3-4/h4H,1-3H2,(H2,7,8). The summed E-state index contributed by atoms with van der Waals surface area (Å²) >= 11 is 3.30. The Morgan fingerprint density at radius 3 is 2.73 bits per heavy atom. The van der Waals surface area contributed by atoms with Crippen molar-refractivity contribution in [3.8, 4) is 0 Å². The van der Waals surface area contributed by atoms with E-state index in [0.717, 1.165) is 9.59 Å². The minimum absolute atomic E-state index is 0.576. The van der Waals surface area contributed by atoms with Gasteiger partial charge in [-0.05, 0) is 12.8 Å². The second-order valence-corrected chi connectivity index (χ2v) is 5.13. The first kappa shape index (κ1) is 7.36. The summed E-state index contributed by atoms with van der Waals surface area (Å²) in [6.07, 6.45) is 4.01. The molecule has 0 spiro atoms. The van der Waals surface area contributed by atoms with Crippen molar-refractivity contribution in [3.05, 3.63) is 0 Å². The van der Waals surface area contributed by atoms with Crippen LogP contribution in [0.15, 0.2) is 4.34 Å². The second-order valence-electron chi connectivity index (χ2n) is 2.58. The van der Waals surface area contributed by atoms with Gasteiger partial charge in [-0.15, -0.1) is 10.2 Å². The largest absolute Gasteiger partial charge is 0.374 e. The molecule has 0 bridgehead atoms. The minimum atomic E-state index is 0.576. The summed E-state index contributed by atoms with van der Waals surface area (Å²) in [5, 5.41) is 9.05. The summed E-state index contributed by atoms with van der Waals surface area (Å²) in [6.45, 7) is 0. The first-order valence-corrected chi connectivity index (χ1v) is 5.30. The summed E-state index contributed by atoms with van der Waals surface area (Å²) in [5.41, 5.74) is 5.45. The average Bonchev–Trinajstić information content (AvgIpc) is 2.27. The molecule has 1 aromatic heterocycles. The van der Waals surface area contributed by atoms with Gasteiger partial charge in [0, 0.05) is 5.25 Å². The zero-order valence-corrected chi connectivity index (χ0v) is 7.62. The molecule has 0 unspecified atom stereocenters. The topological polar surface area (TPSA) is 51.8 Å². The van der Waals surface area contributed by atoms with Gasteiger partial charge in [0.2, 0.25) is 5.13 Å². The first-order chi connectivity index (χ1) is 5.34. The van der Waals surface area contributed by atoms with Crippen LogP contribution >= 0.6 is 23.1 Å². The van der Waals surface area contributed by atoms with Crippen molar-refractivity contribution in [1.82, 2.24) is 10.2 Å². The lowest BCUT2D eigenvalue weighted by Crippen LogP contribution is -2.12. The lowest BCUT2D eigenvalue weighted by molar-refractivity contribution is 0.522. The number of nitrogen functional groups attached to an aromatic ring is 1. The van der Waals surface area contributed by atoms with Gasteiger partial charge in [-0.3, -0.25) is 0 Å². The number of nitrogens with two attached hydrogens (primary N) is 1. The Bertz CT molecular complexity index is 244. The van der Waals surface area contributed by atoms with Gasteiger partial charge in [0.15, 0.2) is 4.34 Å². The van der Waals surface area contributed by atoms with E-state index >= 15 is 0 Å². The molecule has 1 aliphatic rings. The molecule has 1 aliphatic carbocycles. The van der Waals surface area contributed by atoms with Crippen molar-refractivity contribution < 1.29 is 0 Å². The van der Waals surface area contributed by atoms with Crippen molar-refractivity contribution in [2.45, 2.75) is 28.9 Å². The molecule has 0 saturated heterocycles. The summed E-state index contributed by atoms with van der Waals surface area (Å²) in [5.74, 6) is 0. The smallest absolute Gasteiger partial charge is 0.203 e. The highest BCUT2D eigenvalue weighted by Crippen LogP contribution is 2.37. The maximum atomic E-state index is 5.45. The van der Waals surface area contributed by atoms with Gasteiger partial charge in [0.25, 0.3) is 0 Å². The van der Waals surface area contributed by atoms with Crippen LogP contribution in [0.2, 0.25) is 0 Å². The van der Waals surface area contributed by atoms with Crippen molar-refractivity contribution >= 4 is 28.2 Å². The van der Waals surface area contributed by atoms with E-state index in [9.17, 15) is 0 Å². The van der Waals surface area contributed by atoms with E-state index in [1.165, 1.54) is 30.6 Å². The molecule has 1 fully saturated rings. The molecule has 0 radical (unpaired) electrons. The Morgan fingerprint density at radius 2 is 2.27 bits per heavy atom. The van der Waals surface area contributed by atoms with Crippen LogP contribution in [0.5, 0.6) is 0 Å². The van der Waals surface area contributed by atoms with E-state index in [-0.39, 0.29) is 0 Å². The fourth-order valence-electron chi connectivity index (χ4n) is 0.899. The number of thioether (sulfide) groups is 1. The third-order valence-corrected chi connectivity index (χ3v) is 3.92. The maximum absolute atomic E-state index is 5.45. The molecule has 60 valence electrons. The van der Waals surface area contributed by atoms with Crippen molar-refractivity contribution in [1.29, 1.82) is 0 Å². The lowest BCUT2D eigenvalue weighted by Gasteiger charge is -2.22. The van der Waals surface area contributed by atoms with Gasteiger partial charge in [0.05, 0.1) is 0 Å². The SMILES string of the molecule is Nc1nnc(SC2CCC2)s1. The third kappa shape index (κ3) is 1.65. The van der Waals surface area contributed by atoms with Gasteiger partial charge in [-0.2, -0.15) is 0 Å². The van der Waals surface area contributed by atoms with Crippen LogP contribution in [0, 0.1) is 0 Å². The quantitative estimate of drug-likeness (QED) is 0.766. The van der Waals surface area contributed by atoms with E-state index in [4.69, 9.17) is 5.73 Å². The summed E-state index contributed by atoms with van der Waals surface area (Å²) < 4.78 is 1.02. The monoisotopic (exact) mass is 187 g/mol. The maximum Gasteiger partial charge on any atom is 0.203 e. The highest BCUT2D eigenvalue weighted by molar-refractivity contribution is 8.01. The van der Waals surface area contributed by atoms with Crippen LogP contribution in [-0.2, 0) is 0 Å². The van der Waals surface area contributed by atoms with Gasteiger partial charge in [0.1, 0.15) is 0 Å². The molecule has 1 heterocycles. The van der Waals surface area contributed by atoms with Crippen LogP contribution in [0.1, 0.15) is 19.3 Å². The molecular formula is C6H9N3S2. The van der Waals surface area contributed by atoms with Crippen LogP contribution in [-0.4, -0.2) is 15.4 Å². The summed E-state index contributed by atoms with van der Waals surface area (Å²) in [7, 11) is 0. The Morgan fingerprint density at radius 1 is 1.45 bits per heavy atom. The molecular weight excluding hydrogens is 178 g/mol. The van der Waals surface area contributed by atoms with Crippen LogP contribution in [0.4, 0.5) is 5.13 Å². The van der Waals surface area contributed by atoms with E-state index < -0.39 is 0 Å². The minimum Gasteiger partial charge on any atom is -0.374 e. The molecule has 0 atom stereocenters. The van der Waals surface area contributed by atoms with Crippen molar-refractivity contribution in [2.24, 2.45) is 0 Å². The van der Waals surface area contributed by atoms with Crippen LogP contribution in [0.3, 0.4) is 0 Å². The first-order valence-electron chi connectivity index (χ1n) is 3.60. The zero-order chi connectivity index (χ0) is 7.68. The Kier molecular flexibility index (Phi) is 2.00. The van der Waals surface area contributed by atoms with Gasteiger partial charge < -0.3 is 5.73 Å². The number of rotatable bonds is 2. The fraction of sp³-hybridized carbons (Fsp3) is 0.667. The number of hydrogen-bond acceptors (Lipinski definition) is 5. The molecule has 0 aliphatic heterocycles. The van der Waals surface area contributed by atoms with Crippen LogP contribution in [0.25, 0.3) is 0 Å². The molecule has 2 rings (SSSR count). The second kappa shape index (κ2) is 2.98. The average molecular weight is 187 g/mol. The molecule has 1 saturated carbocycles. The number of aromatic nitrogens is 2. The molecule has 11 heavy (non-hydrogen) atoms. The summed E-state index contributed by atoms with van der Waals surface area (Å²) in [4.78, 5) is 0. The van der Waals surface area contributed by atoms with Gasteiger partial charge >= 0.3 is 0 Å². The molecule has 3 nitrogen and oxygen atoms in total. The van der Waals surface area contributed by atoms with Crippen molar-refractivity contribution in [3.63, 3.8) is 0 Å². The predicted molar refractivity (Wildman–Crippen MR) is 47.8 cm³/mol. The number of nitrogens with zero attached hydrogens (tertiary/aromatic N) is 2.